The van der Waals surface area contributed by atoms with Gasteiger partial charge >= 0.3 is 6.03 Å². The minimum absolute atomic E-state index is 0.102. The number of amides is 2. The van der Waals surface area contributed by atoms with Gasteiger partial charge < -0.3 is 24.6 Å². The average Bonchev–Trinajstić information content (AvgIpc) is 2.79. The van der Waals surface area contributed by atoms with Crippen LogP contribution in [-0.2, 0) is 0 Å². The van der Waals surface area contributed by atoms with Gasteiger partial charge in [0.1, 0.15) is 0 Å². The van der Waals surface area contributed by atoms with Crippen LogP contribution in [0.2, 0.25) is 0 Å². The summed E-state index contributed by atoms with van der Waals surface area (Å²) in [6.45, 7) is 2.77. The molecule has 0 unspecified atom stereocenters. The molecule has 3 aromatic rings. The number of nitrogens with zero attached hydrogens (tertiary/aromatic N) is 3. The number of anilines is 2. The molecule has 2 heterocycles. The van der Waals surface area contributed by atoms with E-state index in [2.05, 4.69) is 15.2 Å². The molecule has 0 saturated carbocycles. The van der Waals surface area contributed by atoms with Crippen LogP contribution in [0.3, 0.4) is 0 Å². The Hall–Kier alpha value is -3.48. The van der Waals surface area contributed by atoms with E-state index in [1.807, 2.05) is 53.4 Å². The SMILES string of the molecule is COc1ccc(N2CCN(C(=O)Nc3cccc4cccnc34)CC2)cc1OC. The van der Waals surface area contributed by atoms with Crippen molar-refractivity contribution in [1.29, 1.82) is 0 Å². The highest BCUT2D eigenvalue weighted by molar-refractivity contribution is 5.99. The predicted molar refractivity (Wildman–Crippen MR) is 114 cm³/mol. The molecule has 1 aliphatic rings. The normalized spacial score (nSPS) is 14.0. The van der Waals surface area contributed by atoms with Crippen LogP contribution in [0.15, 0.2) is 54.7 Å². The summed E-state index contributed by atoms with van der Waals surface area (Å²) < 4.78 is 10.7. The number of pyridine rings is 1. The van der Waals surface area contributed by atoms with Crippen molar-refractivity contribution in [3.05, 3.63) is 54.7 Å². The lowest BCUT2D eigenvalue weighted by Crippen LogP contribution is -2.50. The number of hydrogen-bond donors (Lipinski definition) is 1. The molecule has 1 N–H and O–H groups in total. The second-order valence-electron chi connectivity index (χ2n) is 6.82. The highest BCUT2D eigenvalue weighted by Gasteiger charge is 2.22. The summed E-state index contributed by atoms with van der Waals surface area (Å²) >= 11 is 0. The Morgan fingerprint density at radius 3 is 2.48 bits per heavy atom. The monoisotopic (exact) mass is 392 g/mol. The fourth-order valence-electron chi connectivity index (χ4n) is 3.59. The number of ether oxygens (including phenoxy) is 2. The van der Waals surface area contributed by atoms with Gasteiger partial charge in [0.2, 0.25) is 0 Å². The number of benzene rings is 2. The van der Waals surface area contributed by atoms with Crippen LogP contribution in [0.4, 0.5) is 16.2 Å². The Labute approximate surface area is 169 Å². The number of nitrogens with one attached hydrogen (secondary N) is 1. The van der Waals surface area contributed by atoms with Gasteiger partial charge in [-0.05, 0) is 24.3 Å². The molecule has 0 radical (unpaired) electrons. The number of methoxy groups -OCH3 is 2. The van der Waals surface area contributed by atoms with E-state index in [0.29, 0.717) is 24.6 Å². The van der Waals surface area contributed by atoms with Crippen molar-refractivity contribution in [1.82, 2.24) is 9.88 Å². The maximum absolute atomic E-state index is 12.8. The third-order valence-electron chi connectivity index (χ3n) is 5.17. The van der Waals surface area contributed by atoms with Crippen molar-refractivity contribution in [3.63, 3.8) is 0 Å². The Morgan fingerprint density at radius 2 is 1.72 bits per heavy atom. The number of rotatable bonds is 4. The molecule has 29 heavy (non-hydrogen) atoms. The first kappa shape index (κ1) is 18.9. The Bertz CT molecular complexity index is 1010. The topological polar surface area (TPSA) is 66.9 Å². The fraction of sp³-hybridized carbons (Fsp3) is 0.273. The van der Waals surface area contributed by atoms with Crippen LogP contribution >= 0.6 is 0 Å². The van der Waals surface area contributed by atoms with Gasteiger partial charge in [-0.1, -0.05) is 18.2 Å². The molecule has 0 atom stereocenters. The zero-order chi connectivity index (χ0) is 20.2. The van der Waals surface area contributed by atoms with E-state index >= 15 is 0 Å². The molecule has 7 heteroatoms. The van der Waals surface area contributed by atoms with Crippen LogP contribution < -0.4 is 19.7 Å². The summed E-state index contributed by atoms with van der Waals surface area (Å²) in [6.07, 6.45) is 1.74. The number of hydrogen-bond acceptors (Lipinski definition) is 5. The van der Waals surface area contributed by atoms with Crippen LogP contribution in [0.25, 0.3) is 10.9 Å². The fourth-order valence-corrected chi connectivity index (χ4v) is 3.59. The number of carbonyl (C=O) groups excluding carboxylic acids is 1. The van der Waals surface area contributed by atoms with Gasteiger partial charge in [0.25, 0.3) is 0 Å². The van der Waals surface area contributed by atoms with Gasteiger partial charge in [0.05, 0.1) is 25.4 Å². The van der Waals surface area contributed by atoms with E-state index in [0.717, 1.165) is 35.4 Å². The second kappa shape index (κ2) is 8.26. The molecule has 7 nitrogen and oxygen atoms in total. The van der Waals surface area contributed by atoms with Gasteiger partial charge in [-0.25, -0.2) is 4.79 Å². The number of urea groups is 1. The minimum atomic E-state index is -0.102. The average molecular weight is 392 g/mol. The first-order valence-electron chi connectivity index (χ1n) is 9.56. The van der Waals surface area contributed by atoms with E-state index in [9.17, 15) is 4.79 Å². The highest BCUT2D eigenvalue weighted by Crippen LogP contribution is 2.32. The number of carbonyl (C=O) groups is 1. The lowest BCUT2D eigenvalue weighted by atomic mass is 10.2. The highest BCUT2D eigenvalue weighted by atomic mass is 16.5. The number of fused-ring (bicyclic) bond motifs is 1. The summed E-state index contributed by atoms with van der Waals surface area (Å²) in [6, 6.07) is 15.5. The number of para-hydroxylation sites is 1. The van der Waals surface area contributed by atoms with Crippen LogP contribution in [0.5, 0.6) is 11.5 Å². The van der Waals surface area contributed by atoms with Crippen LogP contribution in [0, 0.1) is 0 Å². The second-order valence-corrected chi connectivity index (χ2v) is 6.82. The molecule has 0 bridgehead atoms. The molecule has 1 saturated heterocycles. The third kappa shape index (κ3) is 3.89. The van der Waals surface area contributed by atoms with Crippen molar-refractivity contribution >= 4 is 28.3 Å². The zero-order valence-electron chi connectivity index (χ0n) is 16.6. The summed E-state index contributed by atoms with van der Waals surface area (Å²) in [5.74, 6) is 1.41. The van der Waals surface area contributed by atoms with Crippen LogP contribution in [0.1, 0.15) is 0 Å². The maximum Gasteiger partial charge on any atom is 0.322 e. The number of aromatic nitrogens is 1. The molecular formula is C22H24N4O3. The van der Waals surface area contributed by atoms with Gasteiger partial charge in [-0.3, -0.25) is 4.98 Å². The summed E-state index contributed by atoms with van der Waals surface area (Å²) in [7, 11) is 3.26. The smallest absolute Gasteiger partial charge is 0.322 e. The lowest BCUT2D eigenvalue weighted by Gasteiger charge is -2.36. The molecular weight excluding hydrogens is 368 g/mol. The van der Waals surface area contributed by atoms with E-state index in [1.54, 1.807) is 20.4 Å². The van der Waals surface area contributed by atoms with Crippen LogP contribution in [-0.4, -0.2) is 56.3 Å². The molecule has 0 aliphatic carbocycles. The minimum Gasteiger partial charge on any atom is -0.493 e. The molecule has 150 valence electrons. The van der Waals surface area contributed by atoms with Gasteiger partial charge in [0, 0.05) is 49.5 Å². The lowest BCUT2D eigenvalue weighted by molar-refractivity contribution is 0.208. The standard InChI is InChI=1S/C22H24N4O3/c1-28-19-9-8-17(15-20(19)29-2)25-11-13-26(14-12-25)22(27)24-18-7-3-5-16-6-4-10-23-21(16)18/h3-10,15H,11-14H2,1-2H3,(H,24,27). The summed E-state index contributed by atoms with van der Waals surface area (Å²) in [5, 5.41) is 4.02. The molecule has 1 aromatic heterocycles. The Morgan fingerprint density at radius 1 is 0.966 bits per heavy atom. The van der Waals surface area contributed by atoms with Crippen molar-refractivity contribution in [2.45, 2.75) is 0 Å². The molecule has 2 amide bonds. The Kier molecular flexibility index (Phi) is 5.37. The van der Waals surface area contributed by atoms with Crippen molar-refractivity contribution in [2.24, 2.45) is 0 Å². The predicted octanol–water partition coefficient (Wildman–Crippen LogP) is 3.61. The maximum atomic E-state index is 12.8. The first-order chi connectivity index (χ1) is 14.2. The molecule has 1 aliphatic heterocycles. The number of piperazine rings is 1. The van der Waals surface area contributed by atoms with Gasteiger partial charge in [-0.15, -0.1) is 0 Å². The van der Waals surface area contributed by atoms with Gasteiger partial charge in [-0.2, -0.15) is 0 Å². The summed E-state index contributed by atoms with van der Waals surface area (Å²) in [5.41, 5.74) is 2.59. The zero-order valence-corrected chi connectivity index (χ0v) is 16.6. The molecule has 2 aromatic carbocycles. The molecule has 0 spiro atoms. The quantitative estimate of drug-likeness (QED) is 0.735. The Balaban J connectivity index is 1.41. The largest absolute Gasteiger partial charge is 0.493 e. The van der Waals surface area contributed by atoms with E-state index in [-0.39, 0.29) is 6.03 Å². The van der Waals surface area contributed by atoms with E-state index < -0.39 is 0 Å². The van der Waals surface area contributed by atoms with E-state index in [4.69, 9.17) is 9.47 Å². The van der Waals surface area contributed by atoms with Crippen molar-refractivity contribution in [2.75, 3.05) is 50.6 Å². The third-order valence-corrected chi connectivity index (χ3v) is 5.17. The van der Waals surface area contributed by atoms with Crippen molar-refractivity contribution in [3.8, 4) is 11.5 Å². The first-order valence-corrected chi connectivity index (χ1v) is 9.56. The van der Waals surface area contributed by atoms with E-state index in [1.165, 1.54) is 0 Å². The van der Waals surface area contributed by atoms with Gasteiger partial charge in [0.15, 0.2) is 11.5 Å². The molecule has 1 fully saturated rings. The molecule has 4 rings (SSSR count). The van der Waals surface area contributed by atoms with Crippen molar-refractivity contribution < 1.29 is 14.3 Å². The summed E-state index contributed by atoms with van der Waals surface area (Å²) in [4.78, 5) is 21.2.